The normalized spacial score (nSPS) is 15.2. The molecule has 1 heterocycles. The van der Waals surface area contributed by atoms with E-state index in [0.717, 1.165) is 23.9 Å². The molecule has 1 amide bonds. The molecular weight excluding hydrogens is 351 g/mol. The summed E-state index contributed by atoms with van der Waals surface area (Å²) in [6, 6.07) is 6.16. The third kappa shape index (κ3) is 4.84. The van der Waals surface area contributed by atoms with Crippen molar-refractivity contribution in [1.82, 2.24) is 14.8 Å². The molecular formula is C19H25FN4OS. The summed E-state index contributed by atoms with van der Waals surface area (Å²) < 4.78 is 15.7. The highest BCUT2D eigenvalue weighted by Gasteiger charge is 2.19. The number of aromatic nitrogens is 3. The van der Waals surface area contributed by atoms with Crippen LogP contribution in [0, 0.1) is 11.7 Å². The van der Waals surface area contributed by atoms with E-state index in [1.54, 1.807) is 18.2 Å². The molecule has 140 valence electrons. The molecule has 1 aromatic carbocycles. The highest BCUT2D eigenvalue weighted by Crippen LogP contribution is 2.27. The molecule has 0 atom stereocenters. The molecule has 2 aromatic rings. The Labute approximate surface area is 157 Å². The Balaban J connectivity index is 1.57. The summed E-state index contributed by atoms with van der Waals surface area (Å²) in [6.07, 6.45) is 7.46. The van der Waals surface area contributed by atoms with Gasteiger partial charge in [0.05, 0.1) is 11.4 Å². The largest absolute Gasteiger partial charge is 0.323 e. The Morgan fingerprint density at radius 1 is 1.27 bits per heavy atom. The molecule has 1 fully saturated rings. The van der Waals surface area contributed by atoms with Gasteiger partial charge in [-0.05, 0) is 25.0 Å². The van der Waals surface area contributed by atoms with Crippen LogP contribution < -0.4 is 5.32 Å². The van der Waals surface area contributed by atoms with Gasteiger partial charge in [-0.15, -0.1) is 10.2 Å². The van der Waals surface area contributed by atoms with Crippen molar-refractivity contribution < 1.29 is 9.18 Å². The summed E-state index contributed by atoms with van der Waals surface area (Å²) in [5, 5.41) is 12.0. The predicted molar refractivity (Wildman–Crippen MR) is 102 cm³/mol. The van der Waals surface area contributed by atoms with E-state index in [4.69, 9.17) is 0 Å². The topological polar surface area (TPSA) is 59.8 Å². The van der Waals surface area contributed by atoms with Gasteiger partial charge in [0.2, 0.25) is 5.91 Å². The molecule has 0 spiro atoms. The van der Waals surface area contributed by atoms with Gasteiger partial charge < -0.3 is 9.88 Å². The van der Waals surface area contributed by atoms with E-state index in [9.17, 15) is 9.18 Å². The van der Waals surface area contributed by atoms with E-state index < -0.39 is 5.82 Å². The SMILES string of the molecule is CCn1c(CC2CCCCC2)nnc1SCC(=O)Nc1ccccc1F. The maximum atomic E-state index is 13.6. The van der Waals surface area contributed by atoms with Gasteiger partial charge in [-0.25, -0.2) is 4.39 Å². The van der Waals surface area contributed by atoms with Crippen LogP contribution in [0.4, 0.5) is 10.1 Å². The number of hydrogen-bond acceptors (Lipinski definition) is 4. The Morgan fingerprint density at radius 2 is 2.04 bits per heavy atom. The number of nitrogens with zero attached hydrogens (tertiary/aromatic N) is 3. The first-order valence-electron chi connectivity index (χ1n) is 9.26. The van der Waals surface area contributed by atoms with E-state index in [1.165, 1.54) is 49.9 Å². The van der Waals surface area contributed by atoms with Gasteiger partial charge in [-0.1, -0.05) is 56.0 Å². The quantitative estimate of drug-likeness (QED) is 0.732. The molecule has 1 aromatic heterocycles. The Morgan fingerprint density at radius 3 is 2.77 bits per heavy atom. The Kier molecular flexibility index (Phi) is 6.66. The summed E-state index contributed by atoms with van der Waals surface area (Å²) in [5.41, 5.74) is 0.202. The Hall–Kier alpha value is -1.89. The van der Waals surface area contributed by atoms with Crippen molar-refractivity contribution in [3.8, 4) is 0 Å². The molecule has 26 heavy (non-hydrogen) atoms. The van der Waals surface area contributed by atoms with Crippen LogP contribution in [-0.2, 0) is 17.8 Å². The molecule has 0 bridgehead atoms. The van der Waals surface area contributed by atoms with Crippen LogP contribution in [0.2, 0.25) is 0 Å². The predicted octanol–water partition coefficient (Wildman–Crippen LogP) is 4.29. The number of para-hydroxylation sites is 1. The summed E-state index contributed by atoms with van der Waals surface area (Å²) in [6.45, 7) is 2.85. The summed E-state index contributed by atoms with van der Waals surface area (Å²) >= 11 is 1.34. The van der Waals surface area contributed by atoms with Crippen molar-refractivity contribution in [1.29, 1.82) is 0 Å². The molecule has 3 rings (SSSR count). The molecule has 0 radical (unpaired) electrons. The Bertz CT molecular complexity index is 743. The molecule has 1 aliphatic rings. The van der Waals surface area contributed by atoms with Crippen molar-refractivity contribution in [3.63, 3.8) is 0 Å². The van der Waals surface area contributed by atoms with E-state index in [2.05, 4.69) is 27.0 Å². The lowest BCUT2D eigenvalue weighted by Crippen LogP contribution is -2.16. The number of carbonyl (C=O) groups is 1. The van der Waals surface area contributed by atoms with Crippen LogP contribution in [0.25, 0.3) is 0 Å². The fourth-order valence-corrected chi connectivity index (χ4v) is 4.24. The number of rotatable bonds is 7. The molecule has 0 aliphatic heterocycles. The first-order chi connectivity index (χ1) is 12.7. The minimum absolute atomic E-state index is 0.176. The number of amides is 1. The van der Waals surface area contributed by atoms with Crippen LogP contribution in [0.15, 0.2) is 29.4 Å². The number of halogens is 1. The highest BCUT2D eigenvalue weighted by atomic mass is 32.2. The van der Waals surface area contributed by atoms with E-state index >= 15 is 0 Å². The zero-order chi connectivity index (χ0) is 18.4. The lowest BCUT2D eigenvalue weighted by atomic mass is 9.87. The highest BCUT2D eigenvalue weighted by molar-refractivity contribution is 7.99. The number of nitrogens with one attached hydrogen (secondary N) is 1. The van der Waals surface area contributed by atoms with Crippen LogP contribution in [-0.4, -0.2) is 26.4 Å². The minimum atomic E-state index is -0.433. The van der Waals surface area contributed by atoms with Gasteiger partial charge in [0.1, 0.15) is 11.6 Å². The summed E-state index contributed by atoms with van der Waals surface area (Å²) in [5.74, 6) is 1.20. The molecule has 1 aliphatic carbocycles. The van der Waals surface area contributed by atoms with Gasteiger partial charge in [0, 0.05) is 13.0 Å². The molecule has 0 saturated heterocycles. The number of hydrogen-bond donors (Lipinski definition) is 1. The molecule has 1 N–H and O–H groups in total. The smallest absolute Gasteiger partial charge is 0.234 e. The average Bonchev–Trinajstić information content (AvgIpc) is 3.04. The third-order valence-corrected chi connectivity index (χ3v) is 5.75. The van der Waals surface area contributed by atoms with Gasteiger partial charge in [0.15, 0.2) is 5.16 Å². The van der Waals surface area contributed by atoms with E-state index in [1.807, 2.05) is 0 Å². The van der Waals surface area contributed by atoms with Gasteiger partial charge in [-0.2, -0.15) is 0 Å². The first kappa shape index (κ1) is 18.9. The standard InChI is InChI=1S/C19H25FN4OS/c1-2-24-17(12-14-8-4-3-5-9-14)22-23-19(24)26-13-18(25)21-16-11-7-6-10-15(16)20/h6-7,10-11,14H,2-5,8-9,12-13H2,1H3,(H,21,25). The average molecular weight is 377 g/mol. The van der Waals surface area contributed by atoms with Crippen molar-refractivity contribution in [2.45, 2.75) is 57.1 Å². The van der Waals surface area contributed by atoms with Crippen molar-refractivity contribution >= 4 is 23.4 Å². The second kappa shape index (κ2) is 9.16. The van der Waals surface area contributed by atoms with Gasteiger partial charge >= 0.3 is 0 Å². The van der Waals surface area contributed by atoms with Crippen LogP contribution in [0.3, 0.4) is 0 Å². The number of benzene rings is 1. The molecule has 1 saturated carbocycles. The van der Waals surface area contributed by atoms with Gasteiger partial charge in [0.25, 0.3) is 0 Å². The first-order valence-corrected chi connectivity index (χ1v) is 10.2. The second-order valence-electron chi connectivity index (χ2n) is 6.67. The van der Waals surface area contributed by atoms with Gasteiger partial charge in [-0.3, -0.25) is 4.79 Å². The van der Waals surface area contributed by atoms with Crippen molar-refractivity contribution in [3.05, 3.63) is 35.9 Å². The molecule has 5 nitrogen and oxygen atoms in total. The zero-order valence-electron chi connectivity index (χ0n) is 15.1. The summed E-state index contributed by atoms with van der Waals surface area (Å²) in [7, 11) is 0. The zero-order valence-corrected chi connectivity index (χ0v) is 15.9. The lowest BCUT2D eigenvalue weighted by molar-refractivity contribution is -0.113. The van der Waals surface area contributed by atoms with E-state index in [0.29, 0.717) is 5.92 Å². The maximum absolute atomic E-state index is 13.6. The fourth-order valence-electron chi connectivity index (χ4n) is 3.42. The molecule has 7 heteroatoms. The minimum Gasteiger partial charge on any atom is -0.323 e. The number of anilines is 1. The monoisotopic (exact) mass is 376 g/mol. The number of thioether (sulfide) groups is 1. The van der Waals surface area contributed by atoms with E-state index in [-0.39, 0.29) is 17.3 Å². The van der Waals surface area contributed by atoms with Crippen molar-refractivity contribution in [2.24, 2.45) is 5.92 Å². The lowest BCUT2D eigenvalue weighted by Gasteiger charge is -2.21. The fraction of sp³-hybridized carbons (Fsp3) is 0.526. The number of carbonyl (C=O) groups excluding carboxylic acids is 1. The third-order valence-electron chi connectivity index (χ3n) is 4.79. The van der Waals surface area contributed by atoms with Crippen LogP contribution in [0.1, 0.15) is 44.9 Å². The van der Waals surface area contributed by atoms with Crippen molar-refractivity contribution in [2.75, 3.05) is 11.1 Å². The van der Waals surface area contributed by atoms with Crippen LogP contribution >= 0.6 is 11.8 Å². The summed E-state index contributed by atoms with van der Waals surface area (Å²) in [4.78, 5) is 12.1. The van der Waals surface area contributed by atoms with Crippen LogP contribution in [0.5, 0.6) is 0 Å². The maximum Gasteiger partial charge on any atom is 0.234 e. The molecule has 0 unspecified atom stereocenters. The second-order valence-corrected chi connectivity index (χ2v) is 7.61.